The van der Waals surface area contributed by atoms with Gasteiger partial charge in [0.1, 0.15) is 6.04 Å². The number of nitrogens with one attached hydrogen (secondary N) is 1. The number of carbonyl (C=O) groups excluding carboxylic acids is 2. The van der Waals surface area contributed by atoms with E-state index in [0.717, 1.165) is 16.7 Å². The smallest absolute Gasteiger partial charge is 0.303 e. The summed E-state index contributed by atoms with van der Waals surface area (Å²) in [7, 11) is 0. The molecule has 2 N–H and O–H groups in total. The van der Waals surface area contributed by atoms with Gasteiger partial charge in [0.2, 0.25) is 11.8 Å². The van der Waals surface area contributed by atoms with Crippen LogP contribution in [0.15, 0.2) is 48.5 Å². The van der Waals surface area contributed by atoms with Gasteiger partial charge in [-0.25, -0.2) is 0 Å². The van der Waals surface area contributed by atoms with E-state index in [0.29, 0.717) is 31.5 Å². The van der Waals surface area contributed by atoms with Crippen molar-refractivity contribution < 1.29 is 19.5 Å². The number of anilines is 1. The highest BCUT2D eigenvalue weighted by molar-refractivity contribution is 5.99. The maximum atomic E-state index is 12.8. The second-order valence-electron chi connectivity index (χ2n) is 7.15. The van der Waals surface area contributed by atoms with E-state index in [1.54, 1.807) is 23.1 Å². The molecule has 6 heteroatoms. The first kappa shape index (κ1) is 19.6. The SMILES string of the molecule is Cc1ccc(CN2C(=O)CCC2C(=O)Nc2cccc(CCC(=O)O)c2)cc1. The minimum atomic E-state index is -0.856. The Balaban J connectivity index is 1.67. The summed E-state index contributed by atoms with van der Waals surface area (Å²) < 4.78 is 0. The number of amides is 2. The average Bonchev–Trinajstić information content (AvgIpc) is 3.03. The summed E-state index contributed by atoms with van der Waals surface area (Å²) >= 11 is 0. The predicted molar refractivity (Wildman–Crippen MR) is 106 cm³/mol. The monoisotopic (exact) mass is 380 g/mol. The van der Waals surface area contributed by atoms with Crippen LogP contribution in [-0.2, 0) is 27.3 Å². The number of aliphatic carboxylic acids is 1. The molecule has 3 rings (SSSR count). The van der Waals surface area contributed by atoms with Crippen molar-refractivity contribution in [1.29, 1.82) is 0 Å². The molecule has 6 nitrogen and oxygen atoms in total. The molecule has 0 aromatic heterocycles. The number of aryl methyl sites for hydroxylation is 2. The van der Waals surface area contributed by atoms with E-state index in [2.05, 4.69) is 5.32 Å². The van der Waals surface area contributed by atoms with Gasteiger partial charge in [0.05, 0.1) is 0 Å². The Morgan fingerprint density at radius 2 is 1.89 bits per heavy atom. The molecule has 1 fully saturated rings. The Morgan fingerprint density at radius 3 is 2.61 bits per heavy atom. The van der Waals surface area contributed by atoms with E-state index < -0.39 is 12.0 Å². The molecule has 2 aromatic carbocycles. The molecule has 0 bridgehead atoms. The molecule has 0 aliphatic carbocycles. The topological polar surface area (TPSA) is 86.7 Å². The van der Waals surface area contributed by atoms with Gasteiger partial charge in [0.25, 0.3) is 0 Å². The zero-order chi connectivity index (χ0) is 20.1. The largest absolute Gasteiger partial charge is 0.481 e. The van der Waals surface area contributed by atoms with E-state index in [1.165, 1.54) is 0 Å². The summed E-state index contributed by atoms with van der Waals surface area (Å²) in [6.07, 6.45) is 1.30. The first-order valence-corrected chi connectivity index (χ1v) is 9.39. The molecule has 1 atom stereocenters. The molecule has 0 radical (unpaired) electrons. The van der Waals surface area contributed by atoms with Crippen molar-refractivity contribution in [2.75, 3.05) is 5.32 Å². The number of hydrogen-bond donors (Lipinski definition) is 2. The van der Waals surface area contributed by atoms with Crippen LogP contribution >= 0.6 is 0 Å². The van der Waals surface area contributed by atoms with Crippen LogP contribution in [0.4, 0.5) is 5.69 Å². The van der Waals surface area contributed by atoms with Gasteiger partial charge in [-0.1, -0.05) is 42.0 Å². The summed E-state index contributed by atoms with van der Waals surface area (Å²) in [6, 6.07) is 14.6. The molecule has 2 amide bonds. The number of likely N-dealkylation sites (tertiary alicyclic amines) is 1. The van der Waals surface area contributed by atoms with Crippen LogP contribution in [0.5, 0.6) is 0 Å². The van der Waals surface area contributed by atoms with Crippen molar-refractivity contribution in [3.05, 3.63) is 65.2 Å². The Bertz CT molecular complexity index is 876. The van der Waals surface area contributed by atoms with Crippen molar-refractivity contribution in [3.8, 4) is 0 Å². The Hall–Kier alpha value is -3.15. The van der Waals surface area contributed by atoms with Crippen LogP contribution in [0.1, 0.15) is 36.0 Å². The highest BCUT2D eigenvalue weighted by atomic mass is 16.4. The van der Waals surface area contributed by atoms with Crippen molar-refractivity contribution >= 4 is 23.5 Å². The van der Waals surface area contributed by atoms with Gasteiger partial charge in [-0.05, 0) is 43.0 Å². The van der Waals surface area contributed by atoms with E-state index >= 15 is 0 Å². The fraction of sp³-hybridized carbons (Fsp3) is 0.318. The number of rotatable bonds is 7. The molecule has 28 heavy (non-hydrogen) atoms. The van der Waals surface area contributed by atoms with Crippen LogP contribution in [-0.4, -0.2) is 33.8 Å². The highest BCUT2D eigenvalue weighted by Gasteiger charge is 2.35. The summed E-state index contributed by atoms with van der Waals surface area (Å²) in [5.74, 6) is -1.09. The molecule has 1 unspecified atom stereocenters. The zero-order valence-electron chi connectivity index (χ0n) is 15.9. The maximum absolute atomic E-state index is 12.8. The molecule has 1 aliphatic rings. The zero-order valence-corrected chi connectivity index (χ0v) is 15.9. The quantitative estimate of drug-likeness (QED) is 0.773. The predicted octanol–water partition coefficient (Wildman–Crippen LogP) is 3.14. The molecule has 2 aromatic rings. The lowest BCUT2D eigenvalue weighted by Crippen LogP contribution is -2.41. The third kappa shape index (κ3) is 4.97. The summed E-state index contributed by atoms with van der Waals surface area (Å²) in [4.78, 5) is 37.5. The lowest BCUT2D eigenvalue weighted by Gasteiger charge is -2.24. The van der Waals surface area contributed by atoms with Crippen LogP contribution in [0.25, 0.3) is 0 Å². The third-order valence-corrected chi connectivity index (χ3v) is 4.93. The van der Waals surface area contributed by atoms with Crippen LogP contribution in [0.2, 0.25) is 0 Å². The van der Waals surface area contributed by atoms with Crippen molar-refractivity contribution in [3.63, 3.8) is 0 Å². The van der Waals surface area contributed by atoms with Gasteiger partial charge >= 0.3 is 5.97 Å². The number of hydrogen-bond acceptors (Lipinski definition) is 3. The Kier molecular flexibility index (Phi) is 6.09. The van der Waals surface area contributed by atoms with Gasteiger partial charge in [-0.2, -0.15) is 0 Å². The summed E-state index contributed by atoms with van der Waals surface area (Å²) in [5, 5.41) is 11.7. The molecule has 1 aliphatic heterocycles. The molecule has 0 spiro atoms. The molecular weight excluding hydrogens is 356 g/mol. The molecule has 146 valence electrons. The highest BCUT2D eigenvalue weighted by Crippen LogP contribution is 2.23. The number of carboxylic acids is 1. The van der Waals surface area contributed by atoms with E-state index in [9.17, 15) is 14.4 Å². The number of benzene rings is 2. The second-order valence-corrected chi connectivity index (χ2v) is 7.15. The fourth-order valence-electron chi connectivity index (χ4n) is 3.38. The number of carboxylic acid groups (broad SMARTS) is 1. The van der Waals surface area contributed by atoms with Gasteiger partial charge in [-0.15, -0.1) is 0 Å². The molecular formula is C22H24N2O4. The molecule has 1 heterocycles. The van der Waals surface area contributed by atoms with Crippen LogP contribution in [0.3, 0.4) is 0 Å². The lowest BCUT2D eigenvalue weighted by molar-refractivity contribution is -0.137. The Labute approximate surface area is 164 Å². The third-order valence-electron chi connectivity index (χ3n) is 4.93. The van der Waals surface area contributed by atoms with Gasteiger partial charge < -0.3 is 15.3 Å². The minimum absolute atomic E-state index is 0.0177. The summed E-state index contributed by atoms with van der Waals surface area (Å²) in [6.45, 7) is 2.42. The fourth-order valence-corrected chi connectivity index (χ4v) is 3.38. The molecule has 0 saturated carbocycles. The van der Waals surface area contributed by atoms with Gasteiger partial charge in [0.15, 0.2) is 0 Å². The van der Waals surface area contributed by atoms with Crippen molar-refractivity contribution in [1.82, 2.24) is 4.90 Å². The van der Waals surface area contributed by atoms with E-state index in [4.69, 9.17) is 5.11 Å². The standard InChI is InChI=1S/C22H24N2O4/c1-15-5-7-17(8-6-15)14-24-19(10-11-20(24)25)22(28)23-18-4-2-3-16(13-18)9-12-21(26)27/h2-8,13,19H,9-12,14H2,1H3,(H,23,28)(H,26,27). The normalized spacial score (nSPS) is 16.2. The summed E-state index contributed by atoms with van der Waals surface area (Å²) in [5.41, 5.74) is 3.60. The van der Waals surface area contributed by atoms with E-state index in [1.807, 2.05) is 37.3 Å². The van der Waals surface area contributed by atoms with E-state index in [-0.39, 0.29) is 18.2 Å². The van der Waals surface area contributed by atoms with Crippen LogP contribution in [0, 0.1) is 6.92 Å². The minimum Gasteiger partial charge on any atom is -0.481 e. The number of carbonyl (C=O) groups is 3. The maximum Gasteiger partial charge on any atom is 0.303 e. The lowest BCUT2D eigenvalue weighted by atomic mass is 10.1. The van der Waals surface area contributed by atoms with Crippen LogP contribution < -0.4 is 5.32 Å². The molecule has 1 saturated heterocycles. The first-order chi connectivity index (χ1) is 13.4. The second kappa shape index (κ2) is 8.69. The first-order valence-electron chi connectivity index (χ1n) is 9.39. The number of nitrogens with zero attached hydrogens (tertiary/aromatic N) is 1. The van der Waals surface area contributed by atoms with Gasteiger partial charge in [-0.3, -0.25) is 14.4 Å². The van der Waals surface area contributed by atoms with Gasteiger partial charge in [0, 0.05) is 25.1 Å². The Morgan fingerprint density at radius 1 is 1.14 bits per heavy atom. The van der Waals surface area contributed by atoms with Crippen molar-refractivity contribution in [2.45, 2.75) is 45.2 Å². The van der Waals surface area contributed by atoms with Crippen molar-refractivity contribution in [2.24, 2.45) is 0 Å². The average molecular weight is 380 g/mol.